The number of aromatic amines is 1. The Morgan fingerprint density at radius 2 is 2.21 bits per heavy atom. The van der Waals surface area contributed by atoms with Crippen LogP contribution in [0.25, 0.3) is 0 Å². The molecule has 0 spiro atoms. The van der Waals surface area contributed by atoms with Gasteiger partial charge in [-0.1, -0.05) is 13.8 Å². The fourth-order valence-electron chi connectivity index (χ4n) is 1.85. The Labute approximate surface area is 84.5 Å². The van der Waals surface area contributed by atoms with Gasteiger partial charge in [0, 0.05) is 12.6 Å². The number of aromatic nitrogens is 2. The first kappa shape index (κ1) is 9.37. The van der Waals surface area contributed by atoms with Crippen LogP contribution in [0.3, 0.4) is 0 Å². The van der Waals surface area contributed by atoms with Gasteiger partial charge in [-0.05, 0) is 19.3 Å². The van der Waals surface area contributed by atoms with Crippen LogP contribution < -0.4 is 10.6 Å². The molecule has 1 aromatic heterocycles. The number of nitrogens with one attached hydrogen (secondary N) is 3. The van der Waals surface area contributed by atoms with Crippen molar-refractivity contribution in [2.75, 3.05) is 17.2 Å². The van der Waals surface area contributed by atoms with Crippen molar-refractivity contribution in [3.8, 4) is 0 Å². The summed E-state index contributed by atoms with van der Waals surface area (Å²) in [5.74, 6) is 1.61. The molecule has 4 heteroatoms. The van der Waals surface area contributed by atoms with E-state index in [1.807, 2.05) is 6.92 Å². The van der Waals surface area contributed by atoms with Crippen molar-refractivity contribution in [3.05, 3.63) is 5.69 Å². The molecular weight excluding hydrogens is 176 g/mol. The largest absolute Gasteiger partial charge is 0.380 e. The Morgan fingerprint density at radius 1 is 1.43 bits per heavy atom. The summed E-state index contributed by atoms with van der Waals surface area (Å²) in [6.45, 7) is 7.53. The maximum Gasteiger partial charge on any atom is 0.171 e. The molecule has 2 rings (SSSR count). The zero-order valence-corrected chi connectivity index (χ0v) is 9.02. The smallest absolute Gasteiger partial charge is 0.171 e. The highest BCUT2D eigenvalue weighted by Crippen LogP contribution is 2.27. The maximum absolute atomic E-state index is 4.25. The van der Waals surface area contributed by atoms with Crippen LogP contribution >= 0.6 is 0 Å². The number of hydrogen-bond acceptors (Lipinski definition) is 3. The van der Waals surface area contributed by atoms with E-state index >= 15 is 0 Å². The lowest BCUT2D eigenvalue weighted by Crippen LogP contribution is -2.26. The molecule has 1 unspecified atom stereocenters. The molecule has 1 atom stereocenters. The molecule has 0 aromatic carbocycles. The van der Waals surface area contributed by atoms with E-state index in [0.29, 0.717) is 12.0 Å². The number of rotatable bonds is 1. The second-order valence-electron chi connectivity index (χ2n) is 4.28. The topological polar surface area (TPSA) is 52.7 Å². The highest BCUT2D eigenvalue weighted by atomic mass is 15.2. The van der Waals surface area contributed by atoms with Gasteiger partial charge >= 0.3 is 0 Å². The third-order valence-corrected chi connectivity index (χ3v) is 2.83. The van der Waals surface area contributed by atoms with Gasteiger partial charge in [-0.3, -0.25) is 5.10 Å². The van der Waals surface area contributed by atoms with Gasteiger partial charge in [0.25, 0.3) is 0 Å². The zero-order valence-electron chi connectivity index (χ0n) is 9.02. The van der Waals surface area contributed by atoms with Gasteiger partial charge in [0.1, 0.15) is 0 Å². The molecular formula is C10H18N4. The van der Waals surface area contributed by atoms with E-state index in [2.05, 4.69) is 34.7 Å². The molecule has 1 aromatic rings. The van der Waals surface area contributed by atoms with Gasteiger partial charge < -0.3 is 10.6 Å². The molecule has 0 aliphatic carbocycles. The van der Waals surface area contributed by atoms with Crippen LogP contribution in [0.2, 0.25) is 0 Å². The highest BCUT2D eigenvalue weighted by Gasteiger charge is 2.20. The fraction of sp³-hybridized carbons (Fsp3) is 0.700. The predicted molar refractivity (Wildman–Crippen MR) is 58.7 cm³/mol. The average molecular weight is 194 g/mol. The molecule has 0 saturated carbocycles. The monoisotopic (exact) mass is 194 g/mol. The highest BCUT2D eigenvalue weighted by molar-refractivity contribution is 5.68. The fourth-order valence-corrected chi connectivity index (χ4v) is 1.85. The van der Waals surface area contributed by atoms with Gasteiger partial charge in [-0.25, -0.2) is 0 Å². The Hall–Kier alpha value is -1.19. The maximum atomic E-state index is 4.25. The van der Waals surface area contributed by atoms with Gasteiger partial charge in [0.2, 0.25) is 0 Å². The predicted octanol–water partition coefficient (Wildman–Crippen LogP) is 1.97. The summed E-state index contributed by atoms with van der Waals surface area (Å²) < 4.78 is 0. The molecule has 0 saturated heterocycles. The Morgan fingerprint density at radius 3 is 2.93 bits per heavy atom. The Bertz CT molecular complexity index is 316. The lowest BCUT2D eigenvalue weighted by Gasteiger charge is -2.19. The first-order valence-electron chi connectivity index (χ1n) is 5.24. The van der Waals surface area contributed by atoms with Crippen LogP contribution in [0.5, 0.6) is 0 Å². The number of anilines is 2. The molecule has 0 radical (unpaired) electrons. The quantitative estimate of drug-likeness (QED) is 0.640. The minimum atomic E-state index is 0.520. The number of nitrogens with zero attached hydrogens (tertiary/aromatic N) is 1. The van der Waals surface area contributed by atoms with E-state index in [0.717, 1.165) is 30.2 Å². The van der Waals surface area contributed by atoms with E-state index in [4.69, 9.17) is 0 Å². The molecule has 14 heavy (non-hydrogen) atoms. The number of aryl methyl sites for hydroxylation is 1. The third kappa shape index (κ3) is 1.56. The van der Waals surface area contributed by atoms with Crippen molar-refractivity contribution in [1.29, 1.82) is 0 Å². The first-order valence-corrected chi connectivity index (χ1v) is 5.24. The van der Waals surface area contributed by atoms with E-state index in [1.165, 1.54) is 0 Å². The lowest BCUT2D eigenvalue weighted by molar-refractivity contribution is 0.506. The van der Waals surface area contributed by atoms with E-state index in [-0.39, 0.29) is 0 Å². The molecule has 78 valence electrons. The van der Waals surface area contributed by atoms with E-state index in [9.17, 15) is 0 Å². The van der Waals surface area contributed by atoms with Crippen LogP contribution in [0.15, 0.2) is 0 Å². The summed E-state index contributed by atoms with van der Waals surface area (Å²) in [6, 6.07) is 0.520. The van der Waals surface area contributed by atoms with E-state index in [1.54, 1.807) is 0 Å². The van der Waals surface area contributed by atoms with E-state index < -0.39 is 0 Å². The Balaban J connectivity index is 2.23. The summed E-state index contributed by atoms with van der Waals surface area (Å²) in [5.41, 5.74) is 2.24. The molecule has 0 bridgehead atoms. The van der Waals surface area contributed by atoms with Crippen LogP contribution in [0, 0.1) is 12.8 Å². The third-order valence-electron chi connectivity index (χ3n) is 2.83. The summed E-state index contributed by atoms with van der Waals surface area (Å²) in [5, 5.41) is 14.1. The van der Waals surface area contributed by atoms with Crippen LogP contribution in [0.1, 0.15) is 26.0 Å². The normalized spacial score (nSPS) is 21.0. The minimum absolute atomic E-state index is 0.520. The van der Waals surface area contributed by atoms with Crippen LogP contribution in [-0.2, 0) is 0 Å². The molecule has 2 heterocycles. The first-order chi connectivity index (χ1) is 6.68. The molecule has 0 fully saturated rings. The summed E-state index contributed by atoms with van der Waals surface area (Å²) >= 11 is 0. The summed E-state index contributed by atoms with van der Waals surface area (Å²) in [6.07, 6.45) is 1.15. The van der Waals surface area contributed by atoms with Crippen molar-refractivity contribution < 1.29 is 0 Å². The van der Waals surface area contributed by atoms with Gasteiger partial charge in [-0.15, -0.1) is 0 Å². The second kappa shape index (κ2) is 3.52. The van der Waals surface area contributed by atoms with Crippen molar-refractivity contribution in [1.82, 2.24) is 10.2 Å². The number of hydrogen-bond donors (Lipinski definition) is 3. The summed E-state index contributed by atoms with van der Waals surface area (Å²) in [7, 11) is 0. The van der Waals surface area contributed by atoms with Crippen LogP contribution in [-0.4, -0.2) is 22.8 Å². The van der Waals surface area contributed by atoms with Crippen molar-refractivity contribution >= 4 is 11.5 Å². The summed E-state index contributed by atoms with van der Waals surface area (Å²) in [4.78, 5) is 0. The lowest BCUT2D eigenvalue weighted by atomic mass is 10.0. The SMILES string of the molecule is Cc1[nH]nc2c1NCCC(C(C)C)N2. The average Bonchev–Trinajstić information content (AvgIpc) is 2.40. The molecule has 1 aliphatic rings. The molecule has 3 N–H and O–H groups in total. The molecule has 4 nitrogen and oxygen atoms in total. The minimum Gasteiger partial charge on any atom is -0.380 e. The molecule has 1 aliphatic heterocycles. The zero-order chi connectivity index (χ0) is 10.1. The standard InChI is InChI=1S/C10H18N4/c1-6(2)8-4-5-11-9-7(3)13-14-10(9)12-8/h6,8,11H,4-5H2,1-3H3,(H2,12,13,14). The van der Waals surface area contributed by atoms with Crippen molar-refractivity contribution in [2.45, 2.75) is 33.2 Å². The Kier molecular flexibility index (Phi) is 2.35. The number of H-pyrrole nitrogens is 1. The van der Waals surface area contributed by atoms with Gasteiger partial charge in [-0.2, -0.15) is 5.10 Å². The molecule has 0 amide bonds. The van der Waals surface area contributed by atoms with Gasteiger partial charge in [0.05, 0.1) is 11.4 Å². The van der Waals surface area contributed by atoms with Crippen molar-refractivity contribution in [2.24, 2.45) is 5.92 Å². The second-order valence-corrected chi connectivity index (χ2v) is 4.28. The van der Waals surface area contributed by atoms with Gasteiger partial charge in [0.15, 0.2) is 5.82 Å². The van der Waals surface area contributed by atoms with Crippen LogP contribution in [0.4, 0.5) is 11.5 Å². The number of fused-ring (bicyclic) bond motifs is 1. The van der Waals surface area contributed by atoms with Crippen molar-refractivity contribution in [3.63, 3.8) is 0 Å².